The number of aliphatic hydroxyl groups excluding tert-OH is 2. The first-order chi connectivity index (χ1) is 10.2. The first-order valence-corrected chi connectivity index (χ1v) is 7.19. The lowest BCUT2D eigenvalue weighted by Crippen LogP contribution is -2.19. The Bertz CT molecular complexity index is 449. The molecule has 0 amide bonds. The number of carbonyl (C=O) groups excluding carboxylic acids is 1. The van der Waals surface area contributed by atoms with Gasteiger partial charge in [0.15, 0.2) is 0 Å². The van der Waals surface area contributed by atoms with Gasteiger partial charge in [0.2, 0.25) is 0 Å². The minimum absolute atomic E-state index is 0.0362. The molecule has 0 atom stereocenters. The number of nitrogens with zero attached hydrogens (tertiary/aromatic N) is 1. The zero-order chi connectivity index (χ0) is 15.5. The number of hydrogen-bond acceptors (Lipinski definition) is 6. The molecule has 0 bridgehead atoms. The molecule has 0 aromatic rings. The summed E-state index contributed by atoms with van der Waals surface area (Å²) in [5.74, 6) is -0.631. The van der Waals surface area contributed by atoms with Crippen LogP contribution in [-0.4, -0.2) is 42.5 Å². The molecule has 0 unspecified atom stereocenters. The first-order valence-electron chi connectivity index (χ1n) is 7.19. The summed E-state index contributed by atoms with van der Waals surface area (Å²) in [6, 6.07) is 1.92. The average Bonchev–Trinajstić information content (AvgIpc) is 2.49. The van der Waals surface area contributed by atoms with Crippen LogP contribution in [0.4, 0.5) is 0 Å². The zero-order valence-electron chi connectivity index (χ0n) is 12.1. The fourth-order valence-corrected chi connectivity index (χ4v) is 2.04. The summed E-state index contributed by atoms with van der Waals surface area (Å²) in [5, 5.41) is 29.8. The molecule has 1 aliphatic carbocycles. The zero-order valence-corrected chi connectivity index (χ0v) is 12.1. The molecule has 0 radical (unpaired) electrons. The molecule has 6 heteroatoms. The van der Waals surface area contributed by atoms with Crippen LogP contribution in [0.1, 0.15) is 32.1 Å². The van der Waals surface area contributed by atoms with E-state index in [9.17, 15) is 4.79 Å². The van der Waals surface area contributed by atoms with Crippen LogP contribution in [0.5, 0.6) is 0 Å². The van der Waals surface area contributed by atoms with Crippen molar-refractivity contribution in [3.63, 3.8) is 0 Å². The predicted octanol–water partition coefficient (Wildman–Crippen LogP) is 0.772. The van der Waals surface area contributed by atoms with E-state index in [0.717, 1.165) is 18.5 Å². The van der Waals surface area contributed by atoms with Gasteiger partial charge in [0.1, 0.15) is 11.6 Å². The third kappa shape index (κ3) is 5.98. The average molecular weight is 294 g/mol. The van der Waals surface area contributed by atoms with E-state index in [1.54, 1.807) is 0 Å². The lowest BCUT2D eigenvalue weighted by molar-refractivity contribution is -0.138. The van der Waals surface area contributed by atoms with Crippen LogP contribution in [-0.2, 0) is 9.53 Å². The highest BCUT2D eigenvalue weighted by Crippen LogP contribution is 2.24. The molecule has 0 spiro atoms. The van der Waals surface area contributed by atoms with E-state index in [2.05, 4.69) is 5.32 Å². The Morgan fingerprint density at radius 3 is 2.76 bits per heavy atom. The van der Waals surface area contributed by atoms with Crippen molar-refractivity contribution in [3.05, 3.63) is 22.9 Å². The fraction of sp³-hybridized carbons (Fsp3) is 0.600. The lowest BCUT2D eigenvalue weighted by Gasteiger charge is -2.17. The van der Waals surface area contributed by atoms with E-state index in [1.807, 2.05) is 12.1 Å². The number of rotatable bonds is 8. The second kappa shape index (κ2) is 9.97. The number of esters is 1. The van der Waals surface area contributed by atoms with Gasteiger partial charge in [-0.05, 0) is 37.3 Å². The van der Waals surface area contributed by atoms with E-state index in [0.29, 0.717) is 31.4 Å². The molecule has 0 heterocycles. The number of hydrogen-bond donors (Lipinski definition) is 3. The minimum atomic E-state index is -0.631. The third-order valence-electron chi connectivity index (χ3n) is 3.10. The number of aliphatic hydroxyl groups is 2. The molecule has 1 rings (SSSR count). The second-order valence-corrected chi connectivity index (χ2v) is 4.75. The molecule has 21 heavy (non-hydrogen) atoms. The van der Waals surface area contributed by atoms with Gasteiger partial charge in [-0.25, -0.2) is 4.79 Å². The maximum atomic E-state index is 11.8. The van der Waals surface area contributed by atoms with Crippen molar-refractivity contribution in [3.8, 4) is 6.07 Å². The van der Waals surface area contributed by atoms with Crippen LogP contribution in [0.2, 0.25) is 0 Å². The molecule has 0 aliphatic heterocycles. The van der Waals surface area contributed by atoms with Gasteiger partial charge < -0.3 is 20.3 Å². The molecule has 6 nitrogen and oxygen atoms in total. The summed E-state index contributed by atoms with van der Waals surface area (Å²) in [6.45, 7) is 0.853. The predicted molar refractivity (Wildman–Crippen MR) is 76.9 cm³/mol. The highest BCUT2D eigenvalue weighted by molar-refractivity contribution is 5.94. The van der Waals surface area contributed by atoms with Crippen LogP contribution >= 0.6 is 0 Å². The normalized spacial score (nSPS) is 16.7. The molecule has 0 saturated heterocycles. The molecular weight excluding hydrogens is 272 g/mol. The number of ether oxygens (including phenoxy) is 1. The summed E-state index contributed by atoms with van der Waals surface area (Å²) in [7, 11) is 0. The van der Waals surface area contributed by atoms with Crippen molar-refractivity contribution < 1.29 is 19.7 Å². The molecular formula is C15H22N2O4. The third-order valence-corrected chi connectivity index (χ3v) is 3.10. The van der Waals surface area contributed by atoms with E-state index in [4.69, 9.17) is 20.2 Å². The monoisotopic (exact) mass is 294 g/mol. The molecule has 1 aliphatic rings. The Balaban J connectivity index is 2.73. The van der Waals surface area contributed by atoms with Gasteiger partial charge in [0.05, 0.1) is 6.61 Å². The van der Waals surface area contributed by atoms with Crippen LogP contribution in [0.15, 0.2) is 22.9 Å². The van der Waals surface area contributed by atoms with Crippen molar-refractivity contribution in [1.82, 2.24) is 5.32 Å². The van der Waals surface area contributed by atoms with Gasteiger partial charge in [-0.1, -0.05) is 0 Å². The van der Waals surface area contributed by atoms with E-state index >= 15 is 0 Å². The molecule has 0 saturated carbocycles. The standard InChI is InChI=1S/C15H22N2O4/c16-11-14(15(20)21-9-3-8-19)12-4-1-5-13(10-12)17-6-2-7-18/h10,17-19H,1-9H2/b14-12-. The van der Waals surface area contributed by atoms with Gasteiger partial charge in [-0.3, -0.25) is 0 Å². The number of nitrogens with one attached hydrogen (secondary N) is 1. The van der Waals surface area contributed by atoms with Crippen molar-refractivity contribution in [2.45, 2.75) is 32.1 Å². The summed E-state index contributed by atoms with van der Waals surface area (Å²) in [5.41, 5.74) is 1.69. The summed E-state index contributed by atoms with van der Waals surface area (Å²) < 4.78 is 4.96. The quantitative estimate of drug-likeness (QED) is 0.264. The summed E-state index contributed by atoms with van der Waals surface area (Å²) >= 11 is 0. The largest absolute Gasteiger partial charge is 0.461 e. The number of allylic oxidation sites excluding steroid dienone is 3. The SMILES string of the molecule is N#C/C(C(=O)OCCCO)=C1/C=C(NCCCO)CCC1. The molecule has 0 aromatic carbocycles. The topological polar surface area (TPSA) is 103 Å². The Morgan fingerprint density at radius 1 is 1.33 bits per heavy atom. The Kier molecular flexibility index (Phi) is 8.17. The molecule has 0 aromatic heterocycles. The number of carbonyl (C=O) groups is 1. The summed E-state index contributed by atoms with van der Waals surface area (Å²) in [4.78, 5) is 11.8. The van der Waals surface area contributed by atoms with Gasteiger partial charge in [-0.2, -0.15) is 5.26 Å². The lowest BCUT2D eigenvalue weighted by atomic mass is 9.95. The maximum Gasteiger partial charge on any atom is 0.349 e. The van der Waals surface area contributed by atoms with Crippen LogP contribution < -0.4 is 5.32 Å². The second-order valence-electron chi connectivity index (χ2n) is 4.75. The number of nitriles is 1. The van der Waals surface area contributed by atoms with E-state index < -0.39 is 5.97 Å². The van der Waals surface area contributed by atoms with Crippen molar-refractivity contribution in [2.75, 3.05) is 26.4 Å². The fourth-order valence-electron chi connectivity index (χ4n) is 2.04. The minimum Gasteiger partial charge on any atom is -0.461 e. The highest BCUT2D eigenvalue weighted by atomic mass is 16.5. The highest BCUT2D eigenvalue weighted by Gasteiger charge is 2.18. The van der Waals surface area contributed by atoms with Crippen molar-refractivity contribution in [2.24, 2.45) is 0 Å². The Labute approximate surface area is 124 Å². The van der Waals surface area contributed by atoms with Gasteiger partial charge >= 0.3 is 5.97 Å². The van der Waals surface area contributed by atoms with Crippen LogP contribution in [0.3, 0.4) is 0 Å². The Morgan fingerprint density at radius 2 is 2.10 bits per heavy atom. The Hall–Kier alpha value is -1.84. The van der Waals surface area contributed by atoms with Crippen LogP contribution in [0, 0.1) is 11.3 Å². The van der Waals surface area contributed by atoms with Gasteiger partial charge in [0, 0.05) is 31.9 Å². The summed E-state index contributed by atoms with van der Waals surface area (Å²) in [6.07, 6.45) is 5.25. The molecule has 3 N–H and O–H groups in total. The smallest absolute Gasteiger partial charge is 0.349 e. The van der Waals surface area contributed by atoms with Crippen molar-refractivity contribution >= 4 is 5.97 Å². The van der Waals surface area contributed by atoms with E-state index in [1.165, 1.54) is 0 Å². The van der Waals surface area contributed by atoms with Crippen LogP contribution in [0.25, 0.3) is 0 Å². The molecule has 0 fully saturated rings. The van der Waals surface area contributed by atoms with E-state index in [-0.39, 0.29) is 25.4 Å². The van der Waals surface area contributed by atoms with Gasteiger partial charge in [0.25, 0.3) is 0 Å². The molecule has 116 valence electrons. The van der Waals surface area contributed by atoms with Crippen molar-refractivity contribution in [1.29, 1.82) is 5.26 Å². The van der Waals surface area contributed by atoms with Gasteiger partial charge in [-0.15, -0.1) is 0 Å². The first kappa shape index (κ1) is 17.2. The maximum absolute atomic E-state index is 11.8.